The maximum absolute atomic E-state index is 12.8. The molecule has 2 aliphatic rings. The summed E-state index contributed by atoms with van der Waals surface area (Å²) in [5.74, 6) is 2.39. The van der Waals surface area contributed by atoms with Gasteiger partial charge in [0.25, 0.3) is 0 Å². The van der Waals surface area contributed by atoms with E-state index in [1.807, 2.05) is 13.8 Å². The van der Waals surface area contributed by atoms with E-state index >= 15 is 0 Å². The summed E-state index contributed by atoms with van der Waals surface area (Å²) in [5, 5.41) is 10.9. The lowest BCUT2D eigenvalue weighted by atomic mass is 9.88. The Hall–Kier alpha value is -1.32. The highest BCUT2D eigenvalue weighted by Gasteiger charge is 2.31. The lowest BCUT2D eigenvalue weighted by Gasteiger charge is -2.26. The predicted octanol–water partition coefficient (Wildman–Crippen LogP) is 3.58. The van der Waals surface area contributed by atoms with Gasteiger partial charge in [0.1, 0.15) is 5.76 Å². The van der Waals surface area contributed by atoms with E-state index in [1.54, 1.807) is 0 Å². The monoisotopic (exact) mass is 531 g/mol. The summed E-state index contributed by atoms with van der Waals surface area (Å²) >= 11 is 0. The molecular formula is C22H38IN5O2. The average Bonchev–Trinajstić information content (AvgIpc) is 3.32. The number of amides is 1. The largest absolute Gasteiger partial charge is 0.361 e. The van der Waals surface area contributed by atoms with Crippen LogP contribution >= 0.6 is 24.0 Å². The Morgan fingerprint density at radius 3 is 2.67 bits per heavy atom. The Labute approximate surface area is 197 Å². The molecule has 30 heavy (non-hydrogen) atoms. The number of hydrogen-bond donors (Lipinski definition) is 2. The van der Waals surface area contributed by atoms with E-state index < -0.39 is 0 Å². The number of guanidine groups is 1. The minimum Gasteiger partial charge on any atom is -0.361 e. The van der Waals surface area contributed by atoms with Crippen LogP contribution in [-0.2, 0) is 11.2 Å². The summed E-state index contributed by atoms with van der Waals surface area (Å²) in [6.07, 6.45) is 8.71. The number of nitrogens with one attached hydrogen (secondary N) is 2. The van der Waals surface area contributed by atoms with Gasteiger partial charge in [-0.3, -0.25) is 9.79 Å². The molecule has 7 nitrogen and oxygen atoms in total. The van der Waals surface area contributed by atoms with Gasteiger partial charge in [-0.15, -0.1) is 24.0 Å². The van der Waals surface area contributed by atoms with Crippen molar-refractivity contribution in [2.75, 3.05) is 26.2 Å². The van der Waals surface area contributed by atoms with Gasteiger partial charge in [-0.25, -0.2) is 0 Å². The quantitative estimate of drug-likeness (QED) is 0.243. The molecule has 0 spiro atoms. The third-order valence-corrected chi connectivity index (χ3v) is 6.18. The number of likely N-dealkylation sites (tertiary alicyclic amines) is 1. The van der Waals surface area contributed by atoms with Crippen LogP contribution in [0, 0.1) is 19.8 Å². The van der Waals surface area contributed by atoms with E-state index in [1.165, 1.54) is 24.8 Å². The van der Waals surface area contributed by atoms with Crippen molar-refractivity contribution in [2.24, 2.45) is 10.9 Å². The summed E-state index contributed by atoms with van der Waals surface area (Å²) in [7, 11) is 0. The molecule has 2 N–H and O–H groups in total. The Kier molecular flexibility index (Phi) is 10.4. The summed E-state index contributed by atoms with van der Waals surface area (Å²) in [6.45, 7) is 9.25. The SMILES string of the molecule is CCNC(=NCCCc1c(C)noc1C)NC1CCN(C(=O)C2CCCCC2)C1.I. The van der Waals surface area contributed by atoms with Crippen LogP contribution in [0.3, 0.4) is 0 Å². The van der Waals surface area contributed by atoms with Crippen LogP contribution < -0.4 is 10.6 Å². The summed E-state index contributed by atoms with van der Waals surface area (Å²) in [5.41, 5.74) is 2.18. The van der Waals surface area contributed by atoms with Crippen molar-refractivity contribution in [3.8, 4) is 0 Å². The fourth-order valence-corrected chi connectivity index (χ4v) is 4.50. The Bertz CT molecular complexity index is 680. The number of aliphatic imine (C=N–C) groups is 1. The van der Waals surface area contributed by atoms with Crippen LogP contribution in [0.4, 0.5) is 0 Å². The number of rotatable bonds is 7. The first kappa shape index (κ1) is 24.9. The topological polar surface area (TPSA) is 82.8 Å². The highest BCUT2D eigenvalue weighted by Crippen LogP contribution is 2.26. The van der Waals surface area contributed by atoms with E-state index in [-0.39, 0.29) is 35.9 Å². The lowest BCUT2D eigenvalue weighted by molar-refractivity contribution is -0.135. The maximum Gasteiger partial charge on any atom is 0.225 e. The van der Waals surface area contributed by atoms with Crippen molar-refractivity contribution >= 4 is 35.8 Å². The van der Waals surface area contributed by atoms with Gasteiger partial charge >= 0.3 is 0 Å². The first-order chi connectivity index (χ1) is 14.1. The summed E-state index contributed by atoms with van der Waals surface area (Å²) in [6, 6.07) is 0.280. The van der Waals surface area contributed by atoms with Gasteiger partial charge in [0, 0.05) is 43.7 Å². The molecule has 1 aliphatic heterocycles. The second-order valence-electron chi connectivity index (χ2n) is 8.42. The molecule has 1 aromatic rings. The van der Waals surface area contributed by atoms with Crippen LogP contribution in [0.25, 0.3) is 0 Å². The standard InChI is InChI=1S/C22H37N5O2.HI/c1-4-23-22(24-13-8-11-20-16(2)26-29-17(20)3)25-19-12-14-27(15-19)21(28)18-9-6-5-7-10-18;/h18-19H,4-15H2,1-3H3,(H2,23,24,25);1H. The van der Waals surface area contributed by atoms with Crippen molar-refractivity contribution < 1.29 is 9.32 Å². The predicted molar refractivity (Wildman–Crippen MR) is 130 cm³/mol. The zero-order valence-corrected chi connectivity index (χ0v) is 21.0. The smallest absolute Gasteiger partial charge is 0.225 e. The first-order valence-corrected chi connectivity index (χ1v) is 11.3. The van der Waals surface area contributed by atoms with E-state index in [4.69, 9.17) is 9.52 Å². The number of carbonyl (C=O) groups is 1. The minimum atomic E-state index is 0. The number of aromatic nitrogens is 1. The van der Waals surface area contributed by atoms with Crippen LogP contribution in [0.5, 0.6) is 0 Å². The zero-order valence-electron chi connectivity index (χ0n) is 18.7. The molecule has 1 amide bonds. The minimum absolute atomic E-state index is 0. The first-order valence-electron chi connectivity index (χ1n) is 11.3. The molecule has 1 atom stereocenters. The van der Waals surface area contributed by atoms with Crippen molar-refractivity contribution in [2.45, 2.75) is 78.2 Å². The van der Waals surface area contributed by atoms with Crippen LogP contribution in [-0.4, -0.2) is 54.1 Å². The second kappa shape index (κ2) is 12.5. The second-order valence-corrected chi connectivity index (χ2v) is 8.42. The van der Waals surface area contributed by atoms with Crippen molar-refractivity contribution in [1.29, 1.82) is 0 Å². The number of nitrogens with zero attached hydrogens (tertiary/aromatic N) is 3. The van der Waals surface area contributed by atoms with Crippen molar-refractivity contribution in [3.63, 3.8) is 0 Å². The molecular weight excluding hydrogens is 493 g/mol. The van der Waals surface area contributed by atoms with Crippen LogP contribution in [0.15, 0.2) is 9.52 Å². The van der Waals surface area contributed by atoms with Crippen molar-refractivity contribution in [3.05, 3.63) is 17.0 Å². The zero-order chi connectivity index (χ0) is 20.6. The highest BCUT2D eigenvalue weighted by molar-refractivity contribution is 14.0. The Balaban J connectivity index is 0.00000320. The van der Waals surface area contributed by atoms with Gasteiger partial charge in [0.05, 0.1) is 5.69 Å². The normalized spacial score (nSPS) is 20.2. The molecule has 1 aliphatic carbocycles. The molecule has 0 radical (unpaired) electrons. The number of carbonyl (C=O) groups excluding carboxylic acids is 1. The molecule has 1 saturated heterocycles. The Morgan fingerprint density at radius 1 is 1.23 bits per heavy atom. The van der Waals surface area contributed by atoms with E-state index in [2.05, 4.69) is 27.6 Å². The molecule has 1 saturated carbocycles. The molecule has 170 valence electrons. The van der Waals surface area contributed by atoms with Gasteiger partial charge in [0.15, 0.2) is 5.96 Å². The van der Waals surface area contributed by atoms with E-state index in [0.29, 0.717) is 5.91 Å². The molecule has 8 heteroatoms. The number of hydrogen-bond acceptors (Lipinski definition) is 4. The third kappa shape index (κ3) is 6.85. The Morgan fingerprint density at radius 2 is 2.00 bits per heavy atom. The average molecular weight is 531 g/mol. The third-order valence-electron chi connectivity index (χ3n) is 6.18. The van der Waals surface area contributed by atoms with Gasteiger partial charge < -0.3 is 20.1 Å². The highest BCUT2D eigenvalue weighted by atomic mass is 127. The molecule has 3 rings (SSSR count). The van der Waals surface area contributed by atoms with Gasteiger partial charge in [-0.2, -0.15) is 0 Å². The maximum atomic E-state index is 12.8. The number of aryl methyl sites for hydroxylation is 2. The molecule has 1 aromatic heterocycles. The lowest BCUT2D eigenvalue weighted by Crippen LogP contribution is -2.45. The molecule has 1 unspecified atom stereocenters. The van der Waals surface area contributed by atoms with Crippen molar-refractivity contribution in [1.82, 2.24) is 20.7 Å². The molecule has 2 fully saturated rings. The van der Waals surface area contributed by atoms with Crippen LogP contribution in [0.1, 0.15) is 68.9 Å². The fourth-order valence-electron chi connectivity index (χ4n) is 4.50. The fraction of sp³-hybridized carbons (Fsp3) is 0.773. The molecule has 0 aromatic carbocycles. The molecule has 0 bridgehead atoms. The van der Waals surface area contributed by atoms with E-state index in [9.17, 15) is 4.79 Å². The van der Waals surface area contributed by atoms with Gasteiger partial charge in [-0.1, -0.05) is 24.4 Å². The molecule has 2 heterocycles. The summed E-state index contributed by atoms with van der Waals surface area (Å²) in [4.78, 5) is 19.6. The van der Waals surface area contributed by atoms with E-state index in [0.717, 1.165) is 75.7 Å². The van der Waals surface area contributed by atoms with Gasteiger partial charge in [0.2, 0.25) is 5.91 Å². The van der Waals surface area contributed by atoms with Crippen LogP contribution in [0.2, 0.25) is 0 Å². The summed E-state index contributed by atoms with van der Waals surface area (Å²) < 4.78 is 5.23. The number of halogens is 1. The van der Waals surface area contributed by atoms with Gasteiger partial charge in [-0.05, 0) is 52.9 Å².